The van der Waals surface area contributed by atoms with Crippen LogP contribution in [0.15, 0.2) is 0 Å². The number of hydrogen-bond donors (Lipinski definition) is 2. The molecule has 0 aromatic carbocycles. The van der Waals surface area contributed by atoms with E-state index in [2.05, 4.69) is 32.8 Å². The van der Waals surface area contributed by atoms with Gasteiger partial charge in [-0.1, -0.05) is 6.92 Å². The summed E-state index contributed by atoms with van der Waals surface area (Å²) in [6, 6.07) is 0.239. The Morgan fingerprint density at radius 3 is 2.06 bits per heavy atom. The number of hydroxylamine groups is 2. The van der Waals surface area contributed by atoms with Crippen molar-refractivity contribution in [1.29, 1.82) is 0 Å². The third-order valence-electron chi connectivity index (χ3n) is 3.27. The summed E-state index contributed by atoms with van der Waals surface area (Å²) in [4.78, 5) is 5.87. The molecule has 16 heavy (non-hydrogen) atoms. The fourth-order valence-corrected chi connectivity index (χ4v) is 2.84. The first-order valence-electron chi connectivity index (χ1n) is 6.17. The van der Waals surface area contributed by atoms with Gasteiger partial charge in [-0.25, -0.2) is 0 Å². The minimum absolute atomic E-state index is 0.0616. The van der Waals surface area contributed by atoms with Crippen molar-refractivity contribution in [1.82, 2.24) is 5.06 Å². The quantitative estimate of drug-likeness (QED) is 0.721. The molecule has 1 atom stereocenters. The summed E-state index contributed by atoms with van der Waals surface area (Å²) in [5.74, 6) is 0. The normalized spacial score (nSPS) is 27.9. The van der Waals surface area contributed by atoms with Gasteiger partial charge in [-0.05, 0) is 47.0 Å². The second-order valence-electron chi connectivity index (χ2n) is 6.14. The van der Waals surface area contributed by atoms with E-state index < -0.39 is 0 Å². The second-order valence-corrected chi connectivity index (χ2v) is 6.14. The number of hydrogen-bond acceptors (Lipinski definition) is 4. The van der Waals surface area contributed by atoms with Gasteiger partial charge in [0.15, 0.2) is 0 Å². The van der Waals surface area contributed by atoms with Crippen molar-refractivity contribution in [3.63, 3.8) is 0 Å². The lowest BCUT2D eigenvalue weighted by Gasteiger charge is -2.53. The van der Waals surface area contributed by atoms with E-state index in [4.69, 9.17) is 16.3 Å². The molecule has 0 aliphatic carbocycles. The Bertz CT molecular complexity index is 222. The minimum Gasteiger partial charge on any atom is -0.328 e. The van der Waals surface area contributed by atoms with Crippen LogP contribution in [-0.2, 0) is 4.84 Å². The zero-order valence-electron chi connectivity index (χ0n) is 11.3. The van der Waals surface area contributed by atoms with Crippen LogP contribution >= 0.6 is 0 Å². The Hall–Kier alpha value is -0.160. The summed E-state index contributed by atoms with van der Waals surface area (Å²) < 4.78 is 0. The van der Waals surface area contributed by atoms with Gasteiger partial charge < -0.3 is 11.5 Å². The van der Waals surface area contributed by atoms with Gasteiger partial charge in [0.1, 0.15) is 6.23 Å². The Balaban J connectivity index is 2.84. The largest absolute Gasteiger partial charge is 0.328 e. The molecule has 4 N–H and O–H groups in total. The van der Waals surface area contributed by atoms with Gasteiger partial charge in [-0.15, -0.1) is 0 Å². The topological polar surface area (TPSA) is 64.5 Å². The molecular weight excluding hydrogens is 202 g/mol. The SMILES string of the molecule is CCC(N)ON1C(C)(C)CC(N)CC1(C)C. The standard InChI is InChI=1S/C12H27N3O/c1-6-10(14)16-15-11(2,3)7-9(13)8-12(15,4)5/h9-10H,6-8,13-14H2,1-5H3. The van der Waals surface area contributed by atoms with Crippen LogP contribution in [-0.4, -0.2) is 28.4 Å². The molecule has 0 amide bonds. The Kier molecular flexibility index (Phi) is 4.00. The van der Waals surface area contributed by atoms with E-state index in [0.717, 1.165) is 19.3 Å². The highest BCUT2D eigenvalue weighted by molar-refractivity contribution is 4.98. The molecule has 0 spiro atoms. The summed E-state index contributed by atoms with van der Waals surface area (Å²) >= 11 is 0. The molecule has 0 aromatic rings. The van der Waals surface area contributed by atoms with Crippen molar-refractivity contribution in [2.75, 3.05) is 0 Å². The summed E-state index contributed by atoms with van der Waals surface area (Å²) in [7, 11) is 0. The number of nitrogens with two attached hydrogens (primary N) is 2. The summed E-state index contributed by atoms with van der Waals surface area (Å²) in [5.41, 5.74) is 11.9. The minimum atomic E-state index is -0.229. The molecule has 0 aromatic heterocycles. The Morgan fingerprint density at radius 1 is 1.25 bits per heavy atom. The Morgan fingerprint density at radius 2 is 1.69 bits per heavy atom. The van der Waals surface area contributed by atoms with Gasteiger partial charge in [0.2, 0.25) is 0 Å². The van der Waals surface area contributed by atoms with Crippen molar-refractivity contribution in [2.45, 2.75) is 77.2 Å². The monoisotopic (exact) mass is 229 g/mol. The van der Waals surface area contributed by atoms with Gasteiger partial charge in [-0.2, -0.15) is 5.06 Å². The van der Waals surface area contributed by atoms with Crippen LogP contribution in [0.25, 0.3) is 0 Å². The maximum atomic E-state index is 6.10. The highest BCUT2D eigenvalue weighted by Gasteiger charge is 2.46. The highest BCUT2D eigenvalue weighted by atomic mass is 16.7. The summed E-state index contributed by atoms with van der Waals surface area (Å²) in [6.07, 6.45) is 2.46. The highest BCUT2D eigenvalue weighted by Crippen LogP contribution is 2.38. The lowest BCUT2D eigenvalue weighted by atomic mass is 9.79. The maximum Gasteiger partial charge on any atom is 0.127 e. The predicted octanol–water partition coefficient (Wildman–Crippen LogP) is 1.59. The zero-order chi connectivity index (χ0) is 12.6. The van der Waals surface area contributed by atoms with Crippen molar-refractivity contribution in [2.24, 2.45) is 11.5 Å². The molecule has 4 heteroatoms. The molecule has 1 heterocycles. The van der Waals surface area contributed by atoms with E-state index in [1.807, 2.05) is 6.92 Å². The molecule has 0 bridgehead atoms. The summed E-state index contributed by atoms with van der Waals surface area (Å²) in [6.45, 7) is 10.7. The lowest BCUT2D eigenvalue weighted by molar-refractivity contribution is -0.305. The van der Waals surface area contributed by atoms with Crippen LogP contribution in [0.3, 0.4) is 0 Å². The van der Waals surface area contributed by atoms with Gasteiger partial charge in [0.25, 0.3) is 0 Å². The van der Waals surface area contributed by atoms with Gasteiger partial charge in [0, 0.05) is 17.1 Å². The van der Waals surface area contributed by atoms with E-state index in [-0.39, 0.29) is 23.3 Å². The smallest absolute Gasteiger partial charge is 0.127 e. The van der Waals surface area contributed by atoms with Crippen LogP contribution in [0.4, 0.5) is 0 Å². The molecule has 96 valence electrons. The average molecular weight is 229 g/mol. The third kappa shape index (κ3) is 2.94. The fraction of sp³-hybridized carbons (Fsp3) is 1.00. The van der Waals surface area contributed by atoms with Crippen LogP contribution < -0.4 is 11.5 Å². The number of piperidine rings is 1. The van der Waals surface area contributed by atoms with Crippen molar-refractivity contribution in [3.05, 3.63) is 0 Å². The molecule has 1 saturated heterocycles. The van der Waals surface area contributed by atoms with Crippen molar-refractivity contribution in [3.8, 4) is 0 Å². The first-order chi connectivity index (χ1) is 7.19. The van der Waals surface area contributed by atoms with E-state index in [1.165, 1.54) is 0 Å². The molecule has 0 radical (unpaired) electrons. The Labute approximate surface area is 99.3 Å². The number of nitrogens with zero attached hydrogens (tertiary/aromatic N) is 1. The molecule has 4 nitrogen and oxygen atoms in total. The first-order valence-corrected chi connectivity index (χ1v) is 6.17. The van der Waals surface area contributed by atoms with Crippen LogP contribution in [0.5, 0.6) is 0 Å². The van der Waals surface area contributed by atoms with E-state index in [1.54, 1.807) is 0 Å². The van der Waals surface area contributed by atoms with E-state index in [0.29, 0.717) is 0 Å². The fourth-order valence-electron chi connectivity index (χ4n) is 2.84. The number of rotatable bonds is 3. The van der Waals surface area contributed by atoms with E-state index >= 15 is 0 Å². The first kappa shape index (κ1) is 13.9. The molecule has 0 saturated carbocycles. The third-order valence-corrected chi connectivity index (χ3v) is 3.27. The zero-order valence-corrected chi connectivity index (χ0v) is 11.3. The molecule has 1 unspecified atom stereocenters. The maximum absolute atomic E-state index is 6.10. The lowest BCUT2D eigenvalue weighted by Crippen LogP contribution is -2.64. The molecule has 1 rings (SSSR count). The second kappa shape index (κ2) is 4.61. The van der Waals surface area contributed by atoms with Crippen LogP contribution in [0, 0.1) is 0 Å². The van der Waals surface area contributed by atoms with E-state index in [9.17, 15) is 0 Å². The average Bonchev–Trinajstić information content (AvgIpc) is 2.08. The predicted molar refractivity (Wildman–Crippen MR) is 66.6 cm³/mol. The van der Waals surface area contributed by atoms with Crippen molar-refractivity contribution < 1.29 is 4.84 Å². The van der Waals surface area contributed by atoms with Crippen LogP contribution in [0.2, 0.25) is 0 Å². The van der Waals surface area contributed by atoms with Crippen molar-refractivity contribution >= 4 is 0 Å². The summed E-state index contributed by atoms with van der Waals surface area (Å²) in [5, 5.41) is 2.05. The molecular formula is C12H27N3O. The van der Waals surface area contributed by atoms with Gasteiger partial charge in [0.05, 0.1) is 0 Å². The molecule has 1 aliphatic heterocycles. The van der Waals surface area contributed by atoms with Crippen LogP contribution in [0.1, 0.15) is 53.9 Å². The molecule has 1 aliphatic rings. The molecule has 1 fully saturated rings. The van der Waals surface area contributed by atoms with Gasteiger partial charge in [-0.3, -0.25) is 4.84 Å². The van der Waals surface area contributed by atoms with Gasteiger partial charge >= 0.3 is 0 Å².